The maximum atomic E-state index is 13.0. The second-order valence-corrected chi connectivity index (χ2v) is 3.69. The van der Waals surface area contributed by atoms with Gasteiger partial charge in [-0.3, -0.25) is 0 Å². The van der Waals surface area contributed by atoms with E-state index in [1.165, 1.54) is 12.1 Å². The third-order valence-electron chi connectivity index (χ3n) is 2.24. The van der Waals surface area contributed by atoms with Gasteiger partial charge in [-0.2, -0.15) is 0 Å². The van der Waals surface area contributed by atoms with Gasteiger partial charge in [0.25, 0.3) is 0 Å². The fourth-order valence-corrected chi connectivity index (χ4v) is 1.44. The predicted molar refractivity (Wildman–Crippen MR) is 61.7 cm³/mol. The predicted octanol–water partition coefficient (Wildman–Crippen LogP) is 2.38. The minimum atomic E-state index is -0.314. The molecule has 0 unspecified atom stereocenters. The summed E-state index contributed by atoms with van der Waals surface area (Å²) in [6.07, 6.45) is 1.05. The van der Waals surface area contributed by atoms with E-state index in [0.29, 0.717) is 23.9 Å². The molecule has 0 aliphatic carbocycles. The summed E-state index contributed by atoms with van der Waals surface area (Å²) in [5, 5.41) is 10.9. The Kier molecular flexibility index (Phi) is 3.82. The number of aromatic nitrogens is 2. The van der Waals surface area contributed by atoms with Gasteiger partial charge in [0.05, 0.1) is 6.54 Å². The van der Waals surface area contributed by atoms with Crippen LogP contribution in [0.25, 0.3) is 11.5 Å². The normalized spacial score (nSPS) is 10.7. The number of benzene rings is 1. The van der Waals surface area contributed by atoms with Crippen molar-refractivity contribution in [1.29, 1.82) is 0 Å². The highest BCUT2D eigenvalue weighted by Crippen LogP contribution is 2.18. The van der Waals surface area contributed by atoms with Gasteiger partial charge in [0.2, 0.25) is 11.8 Å². The fourth-order valence-electron chi connectivity index (χ4n) is 1.44. The number of halogens is 1. The van der Waals surface area contributed by atoms with E-state index in [2.05, 4.69) is 22.4 Å². The quantitative estimate of drug-likeness (QED) is 0.808. The molecule has 0 radical (unpaired) electrons. The number of hydrogen-bond donors (Lipinski definition) is 1. The summed E-state index contributed by atoms with van der Waals surface area (Å²) in [6.45, 7) is 3.52. The van der Waals surface area contributed by atoms with Gasteiger partial charge in [0.15, 0.2) is 0 Å². The van der Waals surface area contributed by atoms with Crippen LogP contribution in [-0.2, 0) is 6.54 Å². The molecule has 1 aromatic heterocycles. The van der Waals surface area contributed by atoms with Crippen LogP contribution >= 0.6 is 0 Å². The largest absolute Gasteiger partial charge is 0.419 e. The van der Waals surface area contributed by atoms with Gasteiger partial charge in [-0.1, -0.05) is 13.0 Å². The molecule has 2 rings (SSSR count). The first-order chi connectivity index (χ1) is 8.29. The molecule has 0 fully saturated rings. The van der Waals surface area contributed by atoms with Gasteiger partial charge < -0.3 is 9.73 Å². The van der Waals surface area contributed by atoms with Crippen LogP contribution in [0.5, 0.6) is 0 Å². The van der Waals surface area contributed by atoms with Crippen molar-refractivity contribution in [2.24, 2.45) is 0 Å². The van der Waals surface area contributed by atoms with Gasteiger partial charge in [-0.15, -0.1) is 10.2 Å². The summed E-state index contributed by atoms with van der Waals surface area (Å²) in [6, 6.07) is 6.10. The molecule has 0 spiro atoms. The Balaban J connectivity index is 2.07. The molecule has 17 heavy (non-hydrogen) atoms. The molecule has 1 N–H and O–H groups in total. The van der Waals surface area contributed by atoms with Crippen molar-refractivity contribution in [3.8, 4) is 11.5 Å². The summed E-state index contributed by atoms with van der Waals surface area (Å²) in [5.74, 6) is 0.543. The van der Waals surface area contributed by atoms with Gasteiger partial charge in [0.1, 0.15) is 5.82 Å². The van der Waals surface area contributed by atoms with E-state index in [9.17, 15) is 4.39 Å². The minimum Gasteiger partial charge on any atom is -0.419 e. The second kappa shape index (κ2) is 5.54. The van der Waals surface area contributed by atoms with E-state index < -0.39 is 0 Å². The van der Waals surface area contributed by atoms with Gasteiger partial charge in [-0.05, 0) is 31.2 Å². The second-order valence-electron chi connectivity index (χ2n) is 3.69. The lowest BCUT2D eigenvalue weighted by Crippen LogP contribution is -2.13. The van der Waals surface area contributed by atoms with Crippen molar-refractivity contribution >= 4 is 0 Å². The summed E-state index contributed by atoms with van der Waals surface area (Å²) < 4.78 is 18.4. The maximum absolute atomic E-state index is 13.0. The van der Waals surface area contributed by atoms with Crippen LogP contribution in [0.2, 0.25) is 0 Å². The maximum Gasteiger partial charge on any atom is 0.247 e. The van der Waals surface area contributed by atoms with E-state index in [1.807, 2.05) is 0 Å². The number of hydrogen-bond acceptors (Lipinski definition) is 4. The van der Waals surface area contributed by atoms with Gasteiger partial charge in [-0.25, -0.2) is 4.39 Å². The SMILES string of the molecule is CCCNCc1nnc(-c2cccc(F)c2)o1. The van der Waals surface area contributed by atoms with Crippen molar-refractivity contribution in [3.05, 3.63) is 36.0 Å². The third kappa shape index (κ3) is 3.10. The average molecular weight is 235 g/mol. The molecule has 0 aliphatic rings. The highest BCUT2D eigenvalue weighted by Gasteiger charge is 2.08. The minimum absolute atomic E-state index is 0.314. The number of rotatable bonds is 5. The Morgan fingerprint density at radius 2 is 2.24 bits per heavy atom. The molecule has 0 saturated carbocycles. The van der Waals surface area contributed by atoms with Gasteiger partial charge in [0, 0.05) is 5.56 Å². The Morgan fingerprint density at radius 3 is 3.00 bits per heavy atom. The van der Waals surface area contributed by atoms with Crippen LogP contribution in [0, 0.1) is 5.82 Å². The average Bonchev–Trinajstić information content (AvgIpc) is 2.78. The summed E-state index contributed by atoms with van der Waals surface area (Å²) in [5.41, 5.74) is 0.597. The lowest BCUT2D eigenvalue weighted by Gasteiger charge is -1.97. The zero-order valence-electron chi connectivity index (χ0n) is 9.61. The molecule has 0 saturated heterocycles. The van der Waals surface area contributed by atoms with Crippen molar-refractivity contribution in [2.75, 3.05) is 6.54 Å². The first-order valence-corrected chi connectivity index (χ1v) is 5.58. The van der Waals surface area contributed by atoms with Gasteiger partial charge >= 0.3 is 0 Å². The standard InChI is InChI=1S/C12H14FN3O/c1-2-6-14-8-11-15-16-12(17-11)9-4-3-5-10(13)7-9/h3-5,7,14H,2,6,8H2,1H3. The van der Waals surface area contributed by atoms with Crippen LogP contribution in [-0.4, -0.2) is 16.7 Å². The monoisotopic (exact) mass is 235 g/mol. The summed E-state index contributed by atoms with van der Waals surface area (Å²) in [7, 11) is 0. The smallest absolute Gasteiger partial charge is 0.247 e. The van der Waals surface area contributed by atoms with Crippen LogP contribution < -0.4 is 5.32 Å². The van der Waals surface area contributed by atoms with Crippen molar-refractivity contribution in [1.82, 2.24) is 15.5 Å². The van der Waals surface area contributed by atoms with E-state index >= 15 is 0 Å². The summed E-state index contributed by atoms with van der Waals surface area (Å²) in [4.78, 5) is 0. The van der Waals surface area contributed by atoms with E-state index in [0.717, 1.165) is 13.0 Å². The summed E-state index contributed by atoms with van der Waals surface area (Å²) >= 11 is 0. The molecule has 1 heterocycles. The van der Waals surface area contributed by atoms with Crippen LogP contribution in [0.3, 0.4) is 0 Å². The molecular weight excluding hydrogens is 221 g/mol. The Hall–Kier alpha value is -1.75. The topological polar surface area (TPSA) is 51.0 Å². The zero-order chi connectivity index (χ0) is 12.1. The highest BCUT2D eigenvalue weighted by molar-refractivity contribution is 5.52. The molecule has 1 aromatic carbocycles. The molecule has 90 valence electrons. The highest BCUT2D eigenvalue weighted by atomic mass is 19.1. The zero-order valence-corrected chi connectivity index (χ0v) is 9.61. The molecule has 5 heteroatoms. The molecule has 0 bridgehead atoms. The lowest BCUT2D eigenvalue weighted by molar-refractivity contribution is 0.477. The molecular formula is C12H14FN3O. The van der Waals surface area contributed by atoms with Crippen molar-refractivity contribution in [3.63, 3.8) is 0 Å². The lowest BCUT2D eigenvalue weighted by atomic mass is 10.2. The first-order valence-electron chi connectivity index (χ1n) is 5.58. The Bertz CT molecular complexity index is 484. The van der Waals surface area contributed by atoms with E-state index in [4.69, 9.17) is 4.42 Å². The third-order valence-corrected chi connectivity index (χ3v) is 2.24. The van der Waals surface area contributed by atoms with Crippen LogP contribution in [0.4, 0.5) is 4.39 Å². The fraction of sp³-hybridized carbons (Fsp3) is 0.333. The van der Waals surface area contributed by atoms with Crippen LogP contribution in [0.1, 0.15) is 19.2 Å². The Labute approximate surface area is 98.9 Å². The van der Waals surface area contributed by atoms with E-state index in [1.54, 1.807) is 12.1 Å². The number of nitrogens with zero attached hydrogens (tertiary/aromatic N) is 2. The van der Waals surface area contributed by atoms with Crippen molar-refractivity contribution < 1.29 is 8.81 Å². The van der Waals surface area contributed by atoms with Crippen molar-refractivity contribution in [2.45, 2.75) is 19.9 Å². The molecule has 0 aliphatic heterocycles. The Morgan fingerprint density at radius 1 is 1.35 bits per heavy atom. The molecule has 0 amide bonds. The van der Waals surface area contributed by atoms with E-state index in [-0.39, 0.29) is 5.82 Å². The molecule has 0 atom stereocenters. The number of nitrogens with one attached hydrogen (secondary N) is 1. The first kappa shape index (κ1) is 11.7. The van der Waals surface area contributed by atoms with Crippen LogP contribution in [0.15, 0.2) is 28.7 Å². The molecule has 2 aromatic rings. The molecule has 4 nitrogen and oxygen atoms in total.